The van der Waals surface area contributed by atoms with Gasteiger partial charge < -0.3 is 4.90 Å². The molecule has 0 radical (unpaired) electrons. The molecule has 2 heteroatoms. The molecule has 0 bridgehead atoms. The van der Waals surface area contributed by atoms with Gasteiger partial charge in [0.1, 0.15) is 0 Å². The molecule has 0 fully saturated rings. The minimum Gasteiger partial charge on any atom is -0.349 e. The lowest BCUT2D eigenvalue weighted by molar-refractivity contribution is -0.128. The van der Waals surface area contributed by atoms with E-state index < -0.39 is 0 Å². The summed E-state index contributed by atoms with van der Waals surface area (Å²) in [6.07, 6.45) is 34.7. The van der Waals surface area contributed by atoms with Crippen LogP contribution >= 0.6 is 0 Å². The van der Waals surface area contributed by atoms with Gasteiger partial charge in [0.15, 0.2) is 0 Å². The highest BCUT2D eigenvalue weighted by molar-refractivity contribution is 5.75. The molecule has 0 atom stereocenters. The predicted octanol–water partition coefficient (Wildman–Crippen LogP) is 9.85. The van der Waals surface area contributed by atoms with Gasteiger partial charge in [-0.15, -0.1) is 0 Å². The van der Waals surface area contributed by atoms with Gasteiger partial charge in [-0.2, -0.15) is 0 Å². The first-order valence-corrected chi connectivity index (χ1v) is 14.4. The molecular formula is C29H59NO. The quantitative estimate of drug-likeness (QED) is 0.130. The molecule has 0 aliphatic rings. The second-order valence-electron chi connectivity index (χ2n) is 10.2. The fourth-order valence-corrected chi connectivity index (χ4v) is 4.46. The molecule has 0 heterocycles. The van der Waals surface area contributed by atoms with Crippen LogP contribution in [0, 0.1) is 0 Å². The minimum absolute atomic E-state index is 0.277. The Morgan fingerprint density at radius 3 is 0.871 bits per heavy atom. The maximum absolute atomic E-state index is 11.5. The molecule has 0 rings (SSSR count). The summed E-state index contributed by atoms with van der Waals surface area (Å²) < 4.78 is 0. The highest BCUT2D eigenvalue weighted by atomic mass is 16.2. The van der Waals surface area contributed by atoms with Gasteiger partial charge in [0, 0.05) is 20.5 Å². The van der Waals surface area contributed by atoms with Crippen molar-refractivity contribution in [3.8, 4) is 0 Å². The van der Waals surface area contributed by atoms with Crippen molar-refractivity contribution < 1.29 is 4.79 Å². The number of rotatable bonds is 25. The summed E-state index contributed by atoms with van der Waals surface area (Å²) in [7, 11) is 3.70. The Bertz CT molecular complexity index is 353. The first kappa shape index (κ1) is 30.5. The molecule has 0 aromatic rings. The smallest absolute Gasteiger partial charge is 0.222 e. The average Bonchev–Trinajstić information content (AvgIpc) is 2.76. The monoisotopic (exact) mass is 437 g/mol. The highest BCUT2D eigenvalue weighted by Gasteiger charge is 2.02. The number of hydrogen-bond acceptors (Lipinski definition) is 1. The standard InChI is InChI=1S/C29H59NO/c1-4-5-6-7-8-9-10-11-12-13-14-15-16-17-18-19-20-21-22-23-24-25-26-27-28-29(31)30(2)3/h4-28H2,1-3H3. The zero-order valence-corrected chi connectivity index (χ0v) is 22.0. The summed E-state index contributed by atoms with van der Waals surface area (Å²) in [6, 6.07) is 0. The first-order chi connectivity index (χ1) is 15.2. The Morgan fingerprint density at radius 1 is 0.419 bits per heavy atom. The molecule has 0 spiro atoms. The Hall–Kier alpha value is -0.530. The van der Waals surface area contributed by atoms with Gasteiger partial charge in [-0.25, -0.2) is 0 Å². The third-order valence-corrected chi connectivity index (χ3v) is 6.74. The maximum Gasteiger partial charge on any atom is 0.222 e. The lowest BCUT2D eigenvalue weighted by Crippen LogP contribution is -2.20. The van der Waals surface area contributed by atoms with E-state index in [1.54, 1.807) is 4.90 Å². The van der Waals surface area contributed by atoms with Crippen molar-refractivity contribution in [2.75, 3.05) is 14.1 Å². The Kier molecular flexibility index (Phi) is 25.3. The number of amides is 1. The summed E-state index contributed by atoms with van der Waals surface area (Å²) in [5, 5.41) is 0. The molecule has 0 aromatic heterocycles. The molecule has 0 unspecified atom stereocenters. The van der Waals surface area contributed by atoms with Crippen molar-refractivity contribution in [2.45, 2.75) is 167 Å². The van der Waals surface area contributed by atoms with Crippen molar-refractivity contribution in [1.82, 2.24) is 4.90 Å². The van der Waals surface area contributed by atoms with Crippen molar-refractivity contribution >= 4 is 5.91 Å². The van der Waals surface area contributed by atoms with Gasteiger partial charge in [0.25, 0.3) is 0 Å². The summed E-state index contributed by atoms with van der Waals surface area (Å²) in [4.78, 5) is 13.2. The molecule has 0 saturated carbocycles. The van der Waals surface area contributed by atoms with E-state index in [1.165, 1.54) is 148 Å². The number of hydrogen-bond donors (Lipinski definition) is 0. The zero-order valence-electron chi connectivity index (χ0n) is 22.0. The van der Waals surface area contributed by atoms with E-state index in [2.05, 4.69) is 6.92 Å². The topological polar surface area (TPSA) is 20.3 Å². The van der Waals surface area contributed by atoms with E-state index in [9.17, 15) is 4.79 Å². The van der Waals surface area contributed by atoms with Crippen LogP contribution in [0.3, 0.4) is 0 Å². The summed E-state index contributed by atoms with van der Waals surface area (Å²) in [6.45, 7) is 2.30. The second-order valence-corrected chi connectivity index (χ2v) is 10.2. The molecule has 186 valence electrons. The van der Waals surface area contributed by atoms with Crippen LogP contribution in [0.4, 0.5) is 0 Å². The van der Waals surface area contributed by atoms with E-state index in [-0.39, 0.29) is 5.91 Å². The van der Waals surface area contributed by atoms with Crippen LogP contribution < -0.4 is 0 Å². The van der Waals surface area contributed by atoms with E-state index in [1.807, 2.05) is 14.1 Å². The highest BCUT2D eigenvalue weighted by Crippen LogP contribution is 2.15. The molecule has 2 nitrogen and oxygen atoms in total. The number of carbonyl (C=O) groups excluding carboxylic acids is 1. The van der Waals surface area contributed by atoms with Gasteiger partial charge in [0.2, 0.25) is 5.91 Å². The van der Waals surface area contributed by atoms with Gasteiger partial charge in [-0.3, -0.25) is 4.79 Å². The lowest BCUT2D eigenvalue weighted by atomic mass is 10.0. The summed E-state index contributed by atoms with van der Waals surface area (Å²) in [5.41, 5.74) is 0. The van der Waals surface area contributed by atoms with E-state index >= 15 is 0 Å². The molecule has 0 saturated heterocycles. The minimum atomic E-state index is 0.277. The van der Waals surface area contributed by atoms with Gasteiger partial charge in [-0.1, -0.05) is 155 Å². The van der Waals surface area contributed by atoms with Crippen molar-refractivity contribution in [3.63, 3.8) is 0 Å². The Morgan fingerprint density at radius 2 is 0.645 bits per heavy atom. The van der Waals surface area contributed by atoms with Crippen LogP contribution in [0.5, 0.6) is 0 Å². The van der Waals surface area contributed by atoms with Crippen LogP contribution in [0.15, 0.2) is 0 Å². The fraction of sp³-hybridized carbons (Fsp3) is 0.966. The average molecular weight is 438 g/mol. The molecule has 0 aliphatic carbocycles. The Balaban J connectivity index is 3.04. The number of unbranched alkanes of at least 4 members (excludes halogenated alkanes) is 23. The zero-order chi connectivity index (χ0) is 22.8. The SMILES string of the molecule is CCCCCCCCCCCCCCCCCCCCCCCCCCC(=O)N(C)C. The van der Waals surface area contributed by atoms with Crippen LogP contribution in [0.1, 0.15) is 167 Å². The van der Waals surface area contributed by atoms with Gasteiger partial charge >= 0.3 is 0 Å². The third-order valence-electron chi connectivity index (χ3n) is 6.74. The predicted molar refractivity (Wildman–Crippen MR) is 140 cm³/mol. The van der Waals surface area contributed by atoms with Crippen LogP contribution in [-0.4, -0.2) is 24.9 Å². The van der Waals surface area contributed by atoms with Gasteiger partial charge in [-0.05, 0) is 6.42 Å². The lowest BCUT2D eigenvalue weighted by Gasteiger charge is -2.09. The summed E-state index contributed by atoms with van der Waals surface area (Å²) in [5.74, 6) is 0.277. The Labute approximate surface area is 197 Å². The van der Waals surface area contributed by atoms with E-state index in [4.69, 9.17) is 0 Å². The molecular weight excluding hydrogens is 378 g/mol. The number of carbonyl (C=O) groups is 1. The molecule has 1 amide bonds. The normalized spacial score (nSPS) is 11.2. The third kappa shape index (κ3) is 25.6. The molecule has 0 N–H and O–H groups in total. The largest absolute Gasteiger partial charge is 0.349 e. The number of nitrogens with zero attached hydrogens (tertiary/aromatic N) is 1. The van der Waals surface area contributed by atoms with E-state index in [0.717, 1.165) is 12.8 Å². The van der Waals surface area contributed by atoms with E-state index in [0.29, 0.717) is 0 Å². The second kappa shape index (κ2) is 25.7. The molecule has 31 heavy (non-hydrogen) atoms. The summed E-state index contributed by atoms with van der Waals surface area (Å²) >= 11 is 0. The van der Waals surface area contributed by atoms with Crippen LogP contribution in [0.2, 0.25) is 0 Å². The van der Waals surface area contributed by atoms with Crippen molar-refractivity contribution in [1.29, 1.82) is 0 Å². The van der Waals surface area contributed by atoms with Crippen molar-refractivity contribution in [3.05, 3.63) is 0 Å². The fourth-order valence-electron chi connectivity index (χ4n) is 4.46. The van der Waals surface area contributed by atoms with Crippen LogP contribution in [-0.2, 0) is 4.79 Å². The van der Waals surface area contributed by atoms with Gasteiger partial charge in [0.05, 0.1) is 0 Å². The molecule has 0 aromatic carbocycles. The first-order valence-electron chi connectivity index (χ1n) is 14.4. The maximum atomic E-state index is 11.5. The van der Waals surface area contributed by atoms with Crippen molar-refractivity contribution in [2.24, 2.45) is 0 Å². The molecule has 0 aliphatic heterocycles. The van der Waals surface area contributed by atoms with Crippen LogP contribution in [0.25, 0.3) is 0 Å².